The number of nitrogens with zero attached hydrogens (tertiary/aromatic N) is 4. The molecule has 0 unspecified atom stereocenters. The Labute approximate surface area is 251 Å². The molecular weight excluding hydrogens is 559 g/mol. The predicted molar refractivity (Wildman–Crippen MR) is 168 cm³/mol. The number of anilines is 2. The third-order valence-corrected chi connectivity index (χ3v) is 8.13. The third-order valence-electron chi connectivity index (χ3n) is 7.55. The number of likely N-dealkylation sites (tertiary alicyclic amines) is 1. The summed E-state index contributed by atoms with van der Waals surface area (Å²) in [5.41, 5.74) is 10.8. The van der Waals surface area contributed by atoms with E-state index in [0.717, 1.165) is 74.1 Å². The molecule has 0 spiro atoms. The molecule has 2 fully saturated rings. The Kier molecular flexibility index (Phi) is 9.54. The van der Waals surface area contributed by atoms with Gasteiger partial charge in [0.05, 0.1) is 23.6 Å². The van der Waals surface area contributed by atoms with Gasteiger partial charge >= 0.3 is 0 Å². The number of ether oxygens (including phenoxy) is 1. The van der Waals surface area contributed by atoms with Crippen LogP contribution in [0, 0.1) is 0 Å². The van der Waals surface area contributed by atoms with E-state index in [9.17, 15) is 4.79 Å². The van der Waals surface area contributed by atoms with Gasteiger partial charge in [-0.15, -0.1) is 0 Å². The second-order valence-corrected chi connectivity index (χ2v) is 11.3. The summed E-state index contributed by atoms with van der Waals surface area (Å²) in [6.07, 6.45) is 2.78. The van der Waals surface area contributed by atoms with Crippen molar-refractivity contribution in [3.8, 4) is 5.75 Å². The molecule has 3 aromatic rings. The number of nitrogens with two attached hydrogens (primary N) is 1. The molecule has 3 N–H and O–H groups in total. The van der Waals surface area contributed by atoms with E-state index in [2.05, 4.69) is 25.0 Å². The van der Waals surface area contributed by atoms with Crippen molar-refractivity contribution in [1.82, 2.24) is 9.80 Å². The Morgan fingerprint density at radius 1 is 0.902 bits per heavy atom. The molecule has 0 aromatic heterocycles. The van der Waals surface area contributed by atoms with Gasteiger partial charge in [-0.25, -0.2) is 4.99 Å². The molecule has 3 aromatic carbocycles. The molecule has 0 bridgehead atoms. The van der Waals surface area contributed by atoms with Crippen molar-refractivity contribution < 1.29 is 9.53 Å². The van der Waals surface area contributed by atoms with Gasteiger partial charge in [0, 0.05) is 44.1 Å². The van der Waals surface area contributed by atoms with Gasteiger partial charge in [-0.1, -0.05) is 35.3 Å². The van der Waals surface area contributed by atoms with Crippen LogP contribution in [0.1, 0.15) is 24.0 Å². The normalized spacial score (nSPS) is 16.2. The molecule has 2 saturated heterocycles. The van der Waals surface area contributed by atoms with Crippen molar-refractivity contribution in [1.29, 1.82) is 0 Å². The van der Waals surface area contributed by atoms with E-state index in [4.69, 9.17) is 33.7 Å². The lowest BCUT2D eigenvalue weighted by atomic mass is 10.1. The molecule has 2 heterocycles. The number of benzene rings is 3. The van der Waals surface area contributed by atoms with Gasteiger partial charge in [0.15, 0.2) is 5.96 Å². The number of carbonyl (C=O) groups is 1. The number of guanidine groups is 1. The lowest BCUT2D eigenvalue weighted by Gasteiger charge is -2.36. The van der Waals surface area contributed by atoms with Crippen LogP contribution >= 0.6 is 23.2 Å². The number of nitrogens with one attached hydrogen (secondary N) is 1. The molecule has 1 amide bonds. The molecule has 5 rings (SSSR count). The molecular formula is C31H36Cl2N6O2. The summed E-state index contributed by atoms with van der Waals surface area (Å²) in [4.78, 5) is 23.8. The van der Waals surface area contributed by atoms with Gasteiger partial charge in [0.2, 0.25) is 5.91 Å². The van der Waals surface area contributed by atoms with Crippen molar-refractivity contribution in [3.05, 3.63) is 81.8 Å². The molecule has 0 atom stereocenters. The summed E-state index contributed by atoms with van der Waals surface area (Å²) in [7, 11) is 1.62. The first kappa shape index (κ1) is 29.0. The van der Waals surface area contributed by atoms with Crippen LogP contribution in [0.3, 0.4) is 0 Å². The van der Waals surface area contributed by atoms with Crippen LogP contribution in [0.4, 0.5) is 17.1 Å². The van der Waals surface area contributed by atoms with Gasteiger partial charge < -0.3 is 25.6 Å². The zero-order valence-corrected chi connectivity index (χ0v) is 24.8. The summed E-state index contributed by atoms with van der Waals surface area (Å²) in [5, 5.41) is 4.01. The first-order valence-electron chi connectivity index (χ1n) is 13.9. The van der Waals surface area contributed by atoms with Crippen molar-refractivity contribution in [3.63, 3.8) is 0 Å². The Bertz CT molecular complexity index is 1340. The number of aliphatic imine (C=N–C) groups is 1. The summed E-state index contributed by atoms with van der Waals surface area (Å²) in [5.74, 6) is 1.12. The third kappa shape index (κ3) is 7.64. The number of amides is 1. The maximum absolute atomic E-state index is 12.5. The first-order valence-corrected chi connectivity index (χ1v) is 14.7. The highest BCUT2D eigenvalue weighted by Crippen LogP contribution is 2.35. The number of piperazine rings is 1. The van der Waals surface area contributed by atoms with Crippen LogP contribution < -0.4 is 20.7 Å². The maximum atomic E-state index is 12.5. The van der Waals surface area contributed by atoms with Crippen molar-refractivity contribution in [2.45, 2.75) is 25.8 Å². The van der Waals surface area contributed by atoms with Crippen LogP contribution in [0.15, 0.2) is 65.7 Å². The fourth-order valence-corrected chi connectivity index (χ4v) is 5.90. The summed E-state index contributed by atoms with van der Waals surface area (Å²) >= 11 is 13.2. The zero-order valence-electron chi connectivity index (χ0n) is 23.3. The fraction of sp³-hybridized carbons (Fsp3) is 0.355. The molecule has 2 aliphatic heterocycles. The monoisotopic (exact) mass is 594 g/mol. The minimum atomic E-state index is -0.0623. The van der Waals surface area contributed by atoms with Crippen LogP contribution in [0.5, 0.6) is 5.75 Å². The van der Waals surface area contributed by atoms with Gasteiger partial charge in [-0.05, 0) is 85.6 Å². The lowest BCUT2D eigenvalue weighted by Crippen LogP contribution is -2.51. The lowest BCUT2D eigenvalue weighted by molar-refractivity contribution is -0.115. The van der Waals surface area contributed by atoms with E-state index < -0.39 is 0 Å². The molecule has 0 saturated carbocycles. The average Bonchev–Trinajstić information content (AvgIpc) is 3.49. The van der Waals surface area contributed by atoms with Gasteiger partial charge in [-0.2, -0.15) is 0 Å². The van der Waals surface area contributed by atoms with Crippen LogP contribution in [-0.4, -0.2) is 68.0 Å². The molecule has 216 valence electrons. The number of carbonyl (C=O) groups excluding carboxylic acids is 1. The number of hydrogen-bond donors (Lipinski definition) is 2. The average molecular weight is 596 g/mol. The quantitative estimate of drug-likeness (QED) is 0.263. The van der Waals surface area contributed by atoms with Crippen LogP contribution in [0.25, 0.3) is 0 Å². The highest BCUT2D eigenvalue weighted by Gasteiger charge is 2.20. The molecule has 0 radical (unpaired) electrons. The molecule has 2 aliphatic rings. The smallest absolute Gasteiger partial charge is 0.228 e. The van der Waals surface area contributed by atoms with Crippen molar-refractivity contribution >= 4 is 52.1 Å². The topological polar surface area (TPSA) is 86.4 Å². The second kappa shape index (κ2) is 13.5. The first-order chi connectivity index (χ1) is 19.9. The number of hydrogen-bond acceptors (Lipinski definition) is 5. The van der Waals surface area contributed by atoms with Crippen LogP contribution in [0.2, 0.25) is 10.0 Å². The number of rotatable bonds is 8. The number of halogens is 2. The van der Waals surface area contributed by atoms with E-state index in [1.807, 2.05) is 60.7 Å². The molecule has 0 aliphatic carbocycles. The molecule has 8 nitrogen and oxygen atoms in total. The van der Waals surface area contributed by atoms with E-state index in [0.29, 0.717) is 28.1 Å². The Balaban J connectivity index is 1.13. The van der Waals surface area contributed by atoms with Crippen molar-refractivity contribution in [2.75, 3.05) is 56.6 Å². The largest absolute Gasteiger partial charge is 0.497 e. The summed E-state index contributed by atoms with van der Waals surface area (Å²) in [6, 6.07) is 19.3. The second-order valence-electron chi connectivity index (χ2n) is 10.5. The minimum absolute atomic E-state index is 0.0623. The van der Waals surface area contributed by atoms with E-state index in [-0.39, 0.29) is 5.91 Å². The Morgan fingerprint density at radius 2 is 1.54 bits per heavy atom. The van der Waals surface area contributed by atoms with E-state index in [1.54, 1.807) is 7.11 Å². The highest BCUT2D eigenvalue weighted by atomic mass is 35.5. The fourth-order valence-electron chi connectivity index (χ4n) is 5.28. The predicted octanol–water partition coefficient (Wildman–Crippen LogP) is 5.55. The van der Waals surface area contributed by atoms with Gasteiger partial charge in [-0.3, -0.25) is 9.69 Å². The Hall–Kier alpha value is -3.46. The molecule has 41 heavy (non-hydrogen) atoms. The van der Waals surface area contributed by atoms with Gasteiger partial charge in [0.1, 0.15) is 11.4 Å². The minimum Gasteiger partial charge on any atom is -0.497 e. The highest BCUT2D eigenvalue weighted by molar-refractivity contribution is 6.39. The standard InChI is InChI=1S/C31H36Cl2N6O2/c1-41-26-10-4-22(5-11-26)20-29(40)35-24-6-8-25(9-7-24)38-14-16-39(17-15-38)31(34)36-30-27(32)18-23(19-28(30)33)21-37-12-2-3-13-37/h4-11,18-19H,2-3,12-17,20-21H2,1H3,(H2,34,36)(H,35,40). The summed E-state index contributed by atoms with van der Waals surface area (Å²) < 4.78 is 5.17. The van der Waals surface area contributed by atoms with Gasteiger partial charge in [0.25, 0.3) is 0 Å². The van der Waals surface area contributed by atoms with Crippen LogP contribution in [-0.2, 0) is 17.8 Å². The zero-order chi connectivity index (χ0) is 28.8. The number of methoxy groups -OCH3 is 1. The van der Waals surface area contributed by atoms with Crippen molar-refractivity contribution in [2.24, 2.45) is 10.7 Å². The summed E-state index contributed by atoms with van der Waals surface area (Å²) in [6.45, 7) is 6.08. The SMILES string of the molecule is COc1ccc(CC(=O)Nc2ccc(N3CCN(C(N)=Nc4c(Cl)cc(CN5CCCC5)cc4Cl)CC3)cc2)cc1. The molecule has 10 heteroatoms. The van der Waals surface area contributed by atoms with E-state index in [1.165, 1.54) is 12.8 Å². The van der Waals surface area contributed by atoms with E-state index >= 15 is 0 Å². The Morgan fingerprint density at radius 3 is 2.15 bits per heavy atom. The maximum Gasteiger partial charge on any atom is 0.228 e.